The minimum Gasteiger partial charge on any atom is -0.349 e. The van der Waals surface area contributed by atoms with Crippen molar-refractivity contribution >= 4 is 39.9 Å². The second-order valence-corrected chi connectivity index (χ2v) is 7.84. The number of hydrogen-bond acceptors (Lipinski definition) is 5. The molecule has 7 nitrogen and oxygen atoms in total. The predicted molar refractivity (Wildman–Crippen MR) is 112 cm³/mol. The minimum absolute atomic E-state index is 0. The molecule has 0 saturated heterocycles. The molecule has 0 aliphatic carbocycles. The summed E-state index contributed by atoms with van der Waals surface area (Å²) in [6, 6.07) is 14.2. The van der Waals surface area contributed by atoms with Crippen molar-refractivity contribution in [3.8, 4) is 0 Å². The van der Waals surface area contributed by atoms with Gasteiger partial charge in [-0.3, -0.25) is 4.79 Å². The molecule has 150 valence electrons. The number of nitrogens with one attached hydrogen (secondary N) is 2. The standard InChI is InChI=1S/C19H22N4O3S.ClH/c1-3-20-12-14-7-6-8-15(11-14)21-18(24)13-23(2)19-16-9-4-5-10-17(16)27(25,26)22-19;/h4-11,20H,3,12-13H2,1-2H3,(H,21,24);1H. The van der Waals surface area contributed by atoms with Gasteiger partial charge in [0, 0.05) is 24.8 Å². The van der Waals surface area contributed by atoms with E-state index in [9.17, 15) is 13.2 Å². The first-order chi connectivity index (χ1) is 12.9. The van der Waals surface area contributed by atoms with Crippen LogP contribution < -0.4 is 10.6 Å². The van der Waals surface area contributed by atoms with Gasteiger partial charge in [-0.25, -0.2) is 0 Å². The van der Waals surface area contributed by atoms with Crippen LogP contribution in [0.25, 0.3) is 0 Å². The third-order valence-electron chi connectivity index (χ3n) is 4.14. The predicted octanol–water partition coefficient (Wildman–Crippen LogP) is 2.24. The van der Waals surface area contributed by atoms with Gasteiger partial charge < -0.3 is 15.5 Å². The average Bonchev–Trinajstić information content (AvgIpc) is 2.92. The zero-order chi connectivity index (χ0) is 19.4. The van der Waals surface area contributed by atoms with E-state index in [1.807, 2.05) is 31.2 Å². The van der Waals surface area contributed by atoms with Crippen LogP contribution in [0.2, 0.25) is 0 Å². The number of fused-ring (bicyclic) bond motifs is 1. The fourth-order valence-electron chi connectivity index (χ4n) is 2.88. The second kappa shape index (κ2) is 9.18. The summed E-state index contributed by atoms with van der Waals surface area (Å²) in [7, 11) is -2.05. The summed E-state index contributed by atoms with van der Waals surface area (Å²) in [4.78, 5) is 14.1. The highest BCUT2D eigenvalue weighted by molar-refractivity contribution is 7.90. The molecule has 0 saturated carbocycles. The molecule has 0 spiro atoms. The van der Waals surface area contributed by atoms with Crippen molar-refractivity contribution in [3.63, 3.8) is 0 Å². The lowest BCUT2D eigenvalue weighted by Gasteiger charge is -2.18. The molecule has 0 fully saturated rings. The van der Waals surface area contributed by atoms with Crippen LogP contribution in [0.5, 0.6) is 0 Å². The molecule has 1 aliphatic heterocycles. The van der Waals surface area contributed by atoms with Crippen LogP contribution in [0.1, 0.15) is 18.1 Å². The van der Waals surface area contributed by atoms with E-state index in [1.54, 1.807) is 30.1 Å². The van der Waals surface area contributed by atoms with Crippen molar-refractivity contribution in [2.45, 2.75) is 18.4 Å². The molecule has 0 radical (unpaired) electrons. The third kappa shape index (κ3) is 4.89. The Labute approximate surface area is 171 Å². The number of hydrogen-bond donors (Lipinski definition) is 2. The number of carbonyl (C=O) groups excluding carboxylic acids is 1. The fourth-order valence-corrected chi connectivity index (χ4v) is 4.13. The maximum atomic E-state index is 12.4. The zero-order valence-electron chi connectivity index (χ0n) is 15.7. The Morgan fingerprint density at radius 3 is 2.64 bits per heavy atom. The van der Waals surface area contributed by atoms with E-state index in [2.05, 4.69) is 15.0 Å². The van der Waals surface area contributed by atoms with Gasteiger partial charge in [-0.2, -0.15) is 8.42 Å². The van der Waals surface area contributed by atoms with Crippen molar-refractivity contribution in [3.05, 3.63) is 59.7 Å². The maximum absolute atomic E-state index is 12.4. The van der Waals surface area contributed by atoms with E-state index in [0.717, 1.165) is 18.7 Å². The van der Waals surface area contributed by atoms with Gasteiger partial charge in [0.1, 0.15) is 4.90 Å². The van der Waals surface area contributed by atoms with E-state index < -0.39 is 10.0 Å². The summed E-state index contributed by atoms with van der Waals surface area (Å²) in [5.41, 5.74) is 2.29. The lowest BCUT2D eigenvalue weighted by molar-refractivity contribution is -0.116. The van der Waals surface area contributed by atoms with Crippen molar-refractivity contribution in [2.75, 3.05) is 25.5 Å². The van der Waals surface area contributed by atoms with Crippen molar-refractivity contribution in [2.24, 2.45) is 4.40 Å². The summed E-state index contributed by atoms with van der Waals surface area (Å²) in [6.45, 7) is 3.62. The lowest BCUT2D eigenvalue weighted by Crippen LogP contribution is -2.34. The van der Waals surface area contributed by atoms with Gasteiger partial charge in [-0.15, -0.1) is 16.8 Å². The SMILES string of the molecule is CCNCc1cccc(NC(=O)CN(C)C2=NS(=O)(=O)c3ccccc32)c1.Cl. The highest BCUT2D eigenvalue weighted by Crippen LogP contribution is 2.26. The largest absolute Gasteiger partial charge is 0.349 e. The first-order valence-electron chi connectivity index (χ1n) is 8.65. The van der Waals surface area contributed by atoms with Crippen molar-refractivity contribution < 1.29 is 13.2 Å². The van der Waals surface area contributed by atoms with Gasteiger partial charge in [-0.1, -0.05) is 31.2 Å². The molecule has 2 N–H and O–H groups in total. The fraction of sp³-hybridized carbons (Fsp3) is 0.263. The van der Waals surface area contributed by atoms with E-state index in [4.69, 9.17) is 0 Å². The number of rotatable bonds is 6. The van der Waals surface area contributed by atoms with Crippen LogP contribution in [0.3, 0.4) is 0 Å². The summed E-state index contributed by atoms with van der Waals surface area (Å²) in [5.74, 6) is 0.0317. The Hall–Kier alpha value is -2.42. The lowest BCUT2D eigenvalue weighted by atomic mass is 10.2. The van der Waals surface area contributed by atoms with Crippen LogP contribution >= 0.6 is 12.4 Å². The molecular weight excluding hydrogens is 400 g/mol. The van der Waals surface area contributed by atoms with Crippen LogP contribution in [-0.2, 0) is 21.4 Å². The van der Waals surface area contributed by atoms with Gasteiger partial charge >= 0.3 is 0 Å². The molecule has 0 bridgehead atoms. The van der Waals surface area contributed by atoms with Crippen molar-refractivity contribution in [1.82, 2.24) is 10.2 Å². The number of benzene rings is 2. The summed E-state index contributed by atoms with van der Waals surface area (Å²) < 4.78 is 28.1. The Morgan fingerprint density at radius 1 is 1.14 bits per heavy atom. The number of nitrogens with zero attached hydrogens (tertiary/aromatic N) is 2. The average molecular weight is 423 g/mol. The molecule has 0 unspecified atom stereocenters. The maximum Gasteiger partial charge on any atom is 0.285 e. The highest BCUT2D eigenvalue weighted by Gasteiger charge is 2.30. The second-order valence-electron chi connectivity index (χ2n) is 6.27. The van der Waals surface area contributed by atoms with E-state index >= 15 is 0 Å². The van der Waals surface area contributed by atoms with E-state index in [0.29, 0.717) is 11.3 Å². The number of amides is 1. The molecule has 28 heavy (non-hydrogen) atoms. The number of amidine groups is 1. The van der Waals surface area contributed by atoms with Gasteiger partial charge in [0.05, 0.1) is 6.54 Å². The number of likely N-dealkylation sites (N-methyl/N-ethyl adjacent to an activating group) is 1. The molecular formula is C19H23ClN4O3S. The zero-order valence-corrected chi connectivity index (χ0v) is 17.3. The van der Waals surface area contributed by atoms with Crippen LogP contribution in [-0.4, -0.2) is 45.2 Å². The van der Waals surface area contributed by atoms with Crippen LogP contribution in [0.15, 0.2) is 57.8 Å². The first-order valence-corrected chi connectivity index (χ1v) is 10.1. The molecule has 0 atom stereocenters. The topological polar surface area (TPSA) is 90.9 Å². The summed E-state index contributed by atoms with van der Waals surface area (Å²) in [6.07, 6.45) is 0. The Bertz CT molecular complexity index is 992. The van der Waals surface area contributed by atoms with E-state index in [-0.39, 0.29) is 35.6 Å². The summed E-state index contributed by atoms with van der Waals surface area (Å²) in [5, 5.41) is 6.08. The van der Waals surface area contributed by atoms with Gasteiger partial charge in [0.25, 0.3) is 10.0 Å². The quantitative estimate of drug-likeness (QED) is 0.745. The summed E-state index contributed by atoms with van der Waals surface area (Å²) >= 11 is 0. The molecule has 2 aromatic carbocycles. The van der Waals surface area contributed by atoms with Gasteiger partial charge in [0.15, 0.2) is 5.84 Å². The normalized spacial score (nSPS) is 13.9. The smallest absolute Gasteiger partial charge is 0.285 e. The number of carbonyl (C=O) groups is 1. The Morgan fingerprint density at radius 2 is 1.89 bits per heavy atom. The van der Waals surface area contributed by atoms with Crippen LogP contribution in [0, 0.1) is 0 Å². The first kappa shape index (κ1) is 21.9. The molecule has 9 heteroatoms. The third-order valence-corrected chi connectivity index (χ3v) is 5.47. The Balaban J connectivity index is 0.00000280. The molecule has 2 aromatic rings. The van der Waals surface area contributed by atoms with E-state index in [1.165, 1.54) is 6.07 Å². The molecule has 1 aliphatic rings. The van der Waals surface area contributed by atoms with Crippen LogP contribution in [0.4, 0.5) is 5.69 Å². The van der Waals surface area contributed by atoms with Crippen molar-refractivity contribution in [1.29, 1.82) is 0 Å². The number of halogens is 1. The highest BCUT2D eigenvalue weighted by atomic mass is 35.5. The minimum atomic E-state index is -3.70. The molecule has 3 rings (SSSR count). The van der Waals surface area contributed by atoms with Gasteiger partial charge in [0.2, 0.25) is 5.91 Å². The molecule has 1 heterocycles. The van der Waals surface area contributed by atoms with Gasteiger partial charge in [-0.05, 0) is 36.4 Å². The molecule has 1 amide bonds. The monoisotopic (exact) mass is 422 g/mol. The number of anilines is 1. The molecule has 0 aromatic heterocycles. The Kier molecular flexibility index (Phi) is 7.17. The number of sulfonamides is 1.